The zero-order valence-corrected chi connectivity index (χ0v) is 15.3. The molecule has 9 nitrogen and oxygen atoms in total. The summed E-state index contributed by atoms with van der Waals surface area (Å²) in [5, 5.41) is 15.0. The molecule has 0 N–H and O–H groups in total. The Morgan fingerprint density at radius 2 is 2.00 bits per heavy atom. The number of halogens is 3. The summed E-state index contributed by atoms with van der Waals surface area (Å²) in [4.78, 5) is 20.6. The van der Waals surface area contributed by atoms with Crippen LogP contribution in [0.4, 0.5) is 24.7 Å². The van der Waals surface area contributed by atoms with Gasteiger partial charge in [-0.05, 0) is 18.8 Å². The summed E-state index contributed by atoms with van der Waals surface area (Å²) in [5.74, 6) is -0.0834. The Labute approximate surface area is 158 Å². The highest BCUT2D eigenvalue weighted by Gasteiger charge is 2.36. The van der Waals surface area contributed by atoms with Crippen LogP contribution in [0, 0.1) is 16.0 Å². The number of rotatable bonds is 5. The summed E-state index contributed by atoms with van der Waals surface area (Å²) in [6, 6.07) is 0.665. The van der Waals surface area contributed by atoms with Gasteiger partial charge in [-0.25, -0.2) is 9.67 Å². The van der Waals surface area contributed by atoms with Crippen LogP contribution in [0.1, 0.15) is 31.9 Å². The molecule has 0 aliphatic carbocycles. The second-order valence-electron chi connectivity index (χ2n) is 6.54. The molecule has 0 atom stereocenters. The molecule has 0 radical (unpaired) electrons. The van der Waals surface area contributed by atoms with Gasteiger partial charge in [0.05, 0.1) is 4.92 Å². The van der Waals surface area contributed by atoms with Crippen molar-refractivity contribution in [1.82, 2.24) is 19.7 Å². The van der Waals surface area contributed by atoms with Crippen molar-refractivity contribution in [3.05, 3.63) is 28.2 Å². The van der Waals surface area contributed by atoms with Gasteiger partial charge in [-0.2, -0.15) is 23.3 Å². The van der Waals surface area contributed by atoms with E-state index in [-0.39, 0.29) is 11.7 Å². The molecule has 152 valence electrons. The summed E-state index contributed by atoms with van der Waals surface area (Å²) in [5.41, 5.74) is -1.64. The second-order valence-corrected chi connectivity index (χ2v) is 6.54. The molecular formula is C16H19F3N6O3. The first-order chi connectivity index (χ1) is 13.2. The molecule has 1 aliphatic rings. The third-order valence-electron chi connectivity index (χ3n) is 4.77. The van der Waals surface area contributed by atoms with E-state index < -0.39 is 28.4 Å². The SMILES string of the molecule is CCC1CCN(c2ncnc(Oc3cc(C(F)(F)F)nn3C)c2[N+](=O)[O-])CC1. The van der Waals surface area contributed by atoms with Gasteiger partial charge < -0.3 is 9.64 Å². The Kier molecular flexibility index (Phi) is 5.38. The van der Waals surface area contributed by atoms with Crippen LogP contribution in [0.25, 0.3) is 0 Å². The molecule has 12 heteroatoms. The maximum Gasteiger partial charge on any atom is 0.435 e. The van der Waals surface area contributed by atoms with Crippen molar-refractivity contribution >= 4 is 11.5 Å². The van der Waals surface area contributed by atoms with Gasteiger partial charge in [0.2, 0.25) is 11.7 Å². The summed E-state index contributed by atoms with van der Waals surface area (Å²) >= 11 is 0. The van der Waals surface area contributed by atoms with Gasteiger partial charge in [0.15, 0.2) is 5.69 Å². The number of aryl methyl sites for hydroxylation is 1. The first kappa shape index (κ1) is 19.8. The minimum absolute atomic E-state index is 0.0998. The first-order valence-corrected chi connectivity index (χ1v) is 8.74. The summed E-state index contributed by atoms with van der Waals surface area (Å²) in [7, 11) is 1.24. The number of aromatic nitrogens is 4. The predicted molar refractivity (Wildman–Crippen MR) is 92.2 cm³/mol. The van der Waals surface area contributed by atoms with Gasteiger partial charge in [0, 0.05) is 26.2 Å². The summed E-state index contributed by atoms with van der Waals surface area (Å²) in [6.07, 6.45) is -0.762. The molecule has 2 aromatic rings. The van der Waals surface area contributed by atoms with Crippen LogP contribution < -0.4 is 9.64 Å². The average Bonchev–Trinajstić information content (AvgIpc) is 3.02. The zero-order valence-electron chi connectivity index (χ0n) is 15.3. The molecule has 1 aliphatic heterocycles. The fourth-order valence-electron chi connectivity index (χ4n) is 3.16. The van der Waals surface area contributed by atoms with Gasteiger partial charge in [0.25, 0.3) is 0 Å². The van der Waals surface area contributed by atoms with E-state index in [1.807, 2.05) is 0 Å². The molecule has 0 bridgehead atoms. The van der Waals surface area contributed by atoms with Crippen molar-refractivity contribution < 1.29 is 22.8 Å². The Morgan fingerprint density at radius 3 is 2.54 bits per heavy atom. The van der Waals surface area contributed by atoms with Crippen LogP contribution >= 0.6 is 0 Å². The van der Waals surface area contributed by atoms with E-state index in [0.29, 0.717) is 25.1 Å². The molecule has 0 aromatic carbocycles. The number of piperidine rings is 1. The monoisotopic (exact) mass is 400 g/mol. The third-order valence-corrected chi connectivity index (χ3v) is 4.77. The van der Waals surface area contributed by atoms with E-state index in [0.717, 1.165) is 30.3 Å². The van der Waals surface area contributed by atoms with E-state index >= 15 is 0 Å². The lowest BCUT2D eigenvalue weighted by Gasteiger charge is -2.31. The molecule has 0 unspecified atom stereocenters. The van der Waals surface area contributed by atoms with Gasteiger partial charge in [-0.3, -0.25) is 10.1 Å². The number of ether oxygens (including phenoxy) is 1. The van der Waals surface area contributed by atoms with Gasteiger partial charge in [-0.1, -0.05) is 13.3 Å². The largest absolute Gasteiger partial charge is 0.435 e. The van der Waals surface area contributed by atoms with Crippen LogP contribution in [0.15, 0.2) is 12.4 Å². The smallest absolute Gasteiger partial charge is 0.415 e. The Hall–Kier alpha value is -2.92. The molecule has 2 aromatic heterocycles. The van der Waals surface area contributed by atoms with E-state index in [1.165, 1.54) is 7.05 Å². The number of anilines is 1. The van der Waals surface area contributed by atoms with Crippen molar-refractivity contribution in [2.45, 2.75) is 32.4 Å². The van der Waals surface area contributed by atoms with Gasteiger partial charge in [-0.15, -0.1) is 0 Å². The standard InChI is InChI=1S/C16H19F3N6O3/c1-3-10-4-6-24(7-5-10)14-13(25(26)27)15(21-9-20-14)28-12-8-11(16(17,18)19)22-23(12)2/h8-10H,3-7H2,1-2H3. The molecule has 1 saturated heterocycles. The van der Waals surface area contributed by atoms with Crippen LogP contribution in [0.3, 0.4) is 0 Å². The minimum atomic E-state index is -4.66. The topological polar surface area (TPSA) is 99.2 Å². The van der Waals surface area contributed by atoms with E-state index in [2.05, 4.69) is 22.0 Å². The van der Waals surface area contributed by atoms with Crippen molar-refractivity contribution in [2.24, 2.45) is 13.0 Å². The number of alkyl halides is 3. The van der Waals surface area contributed by atoms with Crippen molar-refractivity contribution in [3.8, 4) is 11.8 Å². The molecule has 3 rings (SSSR count). The molecule has 1 fully saturated rings. The van der Waals surface area contributed by atoms with Crippen LogP contribution in [-0.4, -0.2) is 37.8 Å². The highest BCUT2D eigenvalue weighted by molar-refractivity contribution is 5.63. The molecule has 0 spiro atoms. The zero-order chi connectivity index (χ0) is 20.5. The fraction of sp³-hybridized carbons (Fsp3) is 0.562. The van der Waals surface area contributed by atoms with Crippen LogP contribution in [-0.2, 0) is 13.2 Å². The highest BCUT2D eigenvalue weighted by Crippen LogP contribution is 2.38. The van der Waals surface area contributed by atoms with Crippen molar-refractivity contribution in [2.75, 3.05) is 18.0 Å². The lowest BCUT2D eigenvalue weighted by atomic mass is 9.94. The van der Waals surface area contributed by atoms with Crippen LogP contribution in [0.2, 0.25) is 0 Å². The van der Waals surface area contributed by atoms with E-state index in [9.17, 15) is 23.3 Å². The second kappa shape index (κ2) is 7.60. The van der Waals surface area contributed by atoms with Crippen molar-refractivity contribution in [1.29, 1.82) is 0 Å². The Morgan fingerprint density at radius 1 is 1.32 bits per heavy atom. The molecule has 0 amide bonds. The minimum Gasteiger partial charge on any atom is -0.415 e. The number of hydrogen-bond donors (Lipinski definition) is 0. The number of hydrogen-bond acceptors (Lipinski definition) is 7. The van der Waals surface area contributed by atoms with Gasteiger partial charge >= 0.3 is 17.7 Å². The van der Waals surface area contributed by atoms with Crippen molar-refractivity contribution in [3.63, 3.8) is 0 Å². The van der Waals surface area contributed by atoms with E-state index in [1.54, 1.807) is 4.90 Å². The first-order valence-electron chi connectivity index (χ1n) is 8.74. The molecule has 0 saturated carbocycles. The maximum atomic E-state index is 12.8. The van der Waals surface area contributed by atoms with E-state index in [4.69, 9.17) is 4.74 Å². The lowest BCUT2D eigenvalue weighted by Crippen LogP contribution is -2.34. The lowest BCUT2D eigenvalue weighted by molar-refractivity contribution is -0.385. The number of nitro groups is 1. The predicted octanol–water partition coefficient (Wildman–Crippen LogP) is 3.56. The normalized spacial score (nSPS) is 15.7. The Bertz CT molecular complexity index is 862. The summed E-state index contributed by atoms with van der Waals surface area (Å²) < 4.78 is 44.7. The third kappa shape index (κ3) is 3.99. The van der Waals surface area contributed by atoms with Gasteiger partial charge in [0.1, 0.15) is 6.33 Å². The molecular weight excluding hydrogens is 381 g/mol. The number of nitrogens with zero attached hydrogens (tertiary/aromatic N) is 6. The average molecular weight is 400 g/mol. The summed E-state index contributed by atoms with van der Waals surface area (Å²) in [6.45, 7) is 3.29. The van der Waals surface area contributed by atoms with Crippen LogP contribution in [0.5, 0.6) is 11.8 Å². The molecule has 28 heavy (non-hydrogen) atoms. The fourth-order valence-corrected chi connectivity index (χ4v) is 3.16. The molecule has 3 heterocycles. The Balaban J connectivity index is 1.92. The highest BCUT2D eigenvalue weighted by atomic mass is 19.4. The quantitative estimate of drug-likeness (QED) is 0.559. The maximum absolute atomic E-state index is 12.8.